The number of carbonyl (C=O) groups excluding carboxylic acids is 1. The van der Waals surface area contributed by atoms with Crippen molar-refractivity contribution in [1.82, 2.24) is 14.7 Å². The molecule has 0 atom stereocenters. The quantitative estimate of drug-likeness (QED) is 0.939. The van der Waals surface area contributed by atoms with Crippen LogP contribution in [0.1, 0.15) is 41.7 Å². The number of hydrogen-bond donors (Lipinski definition) is 1. The van der Waals surface area contributed by atoms with Crippen LogP contribution in [0, 0.1) is 12.8 Å². The third-order valence-electron chi connectivity index (χ3n) is 5.18. The first-order valence-electron chi connectivity index (χ1n) is 8.60. The Labute approximate surface area is 142 Å². The first kappa shape index (κ1) is 16.7. The van der Waals surface area contributed by atoms with Crippen LogP contribution in [0.3, 0.4) is 0 Å². The average molecular weight is 327 g/mol. The summed E-state index contributed by atoms with van der Waals surface area (Å²) in [6.07, 6.45) is 5.56. The molecule has 1 aliphatic carbocycles. The summed E-state index contributed by atoms with van der Waals surface area (Å²) in [5.41, 5.74) is 2.48. The van der Waals surface area contributed by atoms with Gasteiger partial charge in [0.25, 0.3) is 5.91 Å². The number of aliphatic hydroxyl groups excluding tert-OH is 1. The highest BCUT2D eigenvalue weighted by molar-refractivity contribution is 5.95. The van der Waals surface area contributed by atoms with E-state index in [1.807, 2.05) is 53.9 Å². The first-order chi connectivity index (χ1) is 11.6. The second kappa shape index (κ2) is 7.18. The molecule has 1 amide bonds. The average Bonchev–Trinajstić information content (AvgIpc) is 3.02. The third-order valence-corrected chi connectivity index (χ3v) is 5.18. The van der Waals surface area contributed by atoms with Crippen LogP contribution in [0.4, 0.5) is 0 Å². The van der Waals surface area contributed by atoms with Crippen molar-refractivity contribution in [2.45, 2.75) is 38.6 Å². The summed E-state index contributed by atoms with van der Waals surface area (Å²) in [4.78, 5) is 14.7. The second-order valence-corrected chi connectivity index (χ2v) is 6.66. The van der Waals surface area contributed by atoms with Crippen molar-refractivity contribution < 1.29 is 9.90 Å². The van der Waals surface area contributed by atoms with Gasteiger partial charge in [0.1, 0.15) is 0 Å². The highest BCUT2D eigenvalue weighted by Gasteiger charge is 2.28. The van der Waals surface area contributed by atoms with Crippen LogP contribution in [0.25, 0.3) is 5.69 Å². The number of aromatic nitrogens is 2. The molecule has 1 N–H and O–H groups in total. The van der Waals surface area contributed by atoms with Gasteiger partial charge in [-0.3, -0.25) is 4.79 Å². The fourth-order valence-electron chi connectivity index (χ4n) is 3.52. The zero-order valence-electron chi connectivity index (χ0n) is 14.4. The predicted octanol–water partition coefficient (Wildman–Crippen LogP) is 2.80. The SMILES string of the molecule is Cc1c(C(=O)N(C)C2CCC(CO)CC2)cnn1-c1ccccc1. The molecule has 24 heavy (non-hydrogen) atoms. The molecule has 3 rings (SSSR count). The summed E-state index contributed by atoms with van der Waals surface area (Å²) >= 11 is 0. The molecular weight excluding hydrogens is 302 g/mol. The Morgan fingerprint density at radius 1 is 1.25 bits per heavy atom. The molecule has 0 bridgehead atoms. The Morgan fingerprint density at radius 2 is 1.92 bits per heavy atom. The van der Waals surface area contributed by atoms with Gasteiger partial charge >= 0.3 is 0 Å². The normalized spacial score (nSPS) is 20.8. The summed E-state index contributed by atoms with van der Waals surface area (Å²) in [6.45, 7) is 2.19. The topological polar surface area (TPSA) is 58.4 Å². The van der Waals surface area contributed by atoms with Crippen LogP contribution in [0.5, 0.6) is 0 Å². The van der Waals surface area contributed by atoms with Gasteiger partial charge in [-0.25, -0.2) is 4.68 Å². The van der Waals surface area contributed by atoms with Gasteiger partial charge in [0.2, 0.25) is 0 Å². The molecule has 1 aliphatic rings. The van der Waals surface area contributed by atoms with Crippen LogP contribution in [-0.4, -0.2) is 45.4 Å². The molecule has 128 valence electrons. The highest BCUT2D eigenvalue weighted by Crippen LogP contribution is 2.28. The van der Waals surface area contributed by atoms with E-state index >= 15 is 0 Å². The second-order valence-electron chi connectivity index (χ2n) is 6.66. The number of nitrogens with zero attached hydrogens (tertiary/aromatic N) is 3. The molecule has 1 saturated carbocycles. The Balaban J connectivity index is 1.75. The molecule has 1 heterocycles. The van der Waals surface area contributed by atoms with Gasteiger partial charge in [-0.2, -0.15) is 5.10 Å². The van der Waals surface area contributed by atoms with E-state index < -0.39 is 0 Å². The molecule has 2 aromatic rings. The van der Waals surface area contributed by atoms with Crippen LogP contribution >= 0.6 is 0 Å². The maximum Gasteiger partial charge on any atom is 0.257 e. The van der Waals surface area contributed by atoms with Crippen molar-refractivity contribution >= 4 is 5.91 Å². The van der Waals surface area contributed by atoms with E-state index in [4.69, 9.17) is 0 Å². The standard InChI is InChI=1S/C19H25N3O2/c1-14-18(12-20-22(14)17-6-4-3-5-7-17)19(24)21(2)16-10-8-15(13-23)9-11-16/h3-7,12,15-16,23H,8-11,13H2,1-2H3. The lowest BCUT2D eigenvalue weighted by Gasteiger charge is -2.34. The van der Waals surface area contributed by atoms with Crippen molar-refractivity contribution in [3.63, 3.8) is 0 Å². The van der Waals surface area contributed by atoms with E-state index in [-0.39, 0.29) is 18.6 Å². The van der Waals surface area contributed by atoms with Gasteiger partial charge < -0.3 is 10.0 Å². The Bertz CT molecular complexity index is 688. The number of hydrogen-bond acceptors (Lipinski definition) is 3. The van der Waals surface area contributed by atoms with Crippen molar-refractivity contribution in [2.75, 3.05) is 13.7 Å². The van der Waals surface area contributed by atoms with Crippen LogP contribution < -0.4 is 0 Å². The number of rotatable bonds is 4. The molecule has 1 aromatic carbocycles. The van der Waals surface area contributed by atoms with Crippen molar-refractivity contribution in [3.05, 3.63) is 47.8 Å². The van der Waals surface area contributed by atoms with Gasteiger partial charge in [0.05, 0.1) is 23.1 Å². The summed E-state index contributed by atoms with van der Waals surface area (Å²) in [5.74, 6) is 0.425. The number of benzene rings is 1. The summed E-state index contributed by atoms with van der Waals surface area (Å²) in [7, 11) is 1.88. The molecule has 0 unspecified atom stereocenters. The lowest BCUT2D eigenvalue weighted by Crippen LogP contribution is -2.40. The monoisotopic (exact) mass is 327 g/mol. The van der Waals surface area contributed by atoms with E-state index in [1.54, 1.807) is 6.20 Å². The zero-order chi connectivity index (χ0) is 17.1. The number of para-hydroxylation sites is 1. The molecule has 0 aliphatic heterocycles. The Kier molecular flexibility index (Phi) is 5.00. The fourth-order valence-corrected chi connectivity index (χ4v) is 3.52. The molecular formula is C19H25N3O2. The molecule has 1 fully saturated rings. The van der Waals surface area contributed by atoms with Gasteiger partial charge in [0, 0.05) is 19.7 Å². The van der Waals surface area contributed by atoms with Crippen molar-refractivity contribution in [1.29, 1.82) is 0 Å². The minimum absolute atomic E-state index is 0.0297. The van der Waals surface area contributed by atoms with E-state index in [1.165, 1.54) is 0 Å². The van der Waals surface area contributed by atoms with Gasteiger partial charge in [-0.15, -0.1) is 0 Å². The number of aliphatic hydroxyl groups is 1. The van der Waals surface area contributed by atoms with Crippen LogP contribution in [0.15, 0.2) is 36.5 Å². The summed E-state index contributed by atoms with van der Waals surface area (Å²) < 4.78 is 1.81. The van der Waals surface area contributed by atoms with Gasteiger partial charge in [0.15, 0.2) is 0 Å². The number of amides is 1. The smallest absolute Gasteiger partial charge is 0.257 e. The highest BCUT2D eigenvalue weighted by atomic mass is 16.3. The van der Waals surface area contributed by atoms with Gasteiger partial charge in [-0.05, 0) is 50.7 Å². The third kappa shape index (κ3) is 3.22. The Morgan fingerprint density at radius 3 is 2.54 bits per heavy atom. The van der Waals surface area contributed by atoms with Gasteiger partial charge in [-0.1, -0.05) is 18.2 Å². The molecule has 0 radical (unpaired) electrons. The van der Waals surface area contributed by atoms with E-state index in [0.29, 0.717) is 11.5 Å². The van der Waals surface area contributed by atoms with Crippen molar-refractivity contribution in [3.8, 4) is 5.69 Å². The number of carbonyl (C=O) groups is 1. The summed E-state index contributed by atoms with van der Waals surface area (Å²) in [6, 6.07) is 10.1. The van der Waals surface area contributed by atoms with E-state index in [2.05, 4.69) is 5.10 Å². The van der Waals surface area contributed by atoms with E-state index in [0.717, 1.165) is 37.1 Å². The van der Waals surface area contributed by atoms with E-state index in [9.17, 15) is 9.90 Å². The molecule has 5 heteroatoms. The van der Waals surface area contributed by atoms with Crippen LogP contribution in [0.2, 0.25) is 0 Å². The van der Waals surface area contributed by atoms with Crippen molar-refractivity contribution in [2.24, 2.45) is 5.92 Å². The molecule has 1 aromatic heterocycles. The molecule has 0 spiro atoms. The fraction of sp³-hybridized carbons (Fsp3) is 0.474. The Hall–Kier alpha value is -2.14. The van der Waals surface area contributed by atoms with Crippen LogP contribution in [-0.2, 0) is 0 Å². The zero-order valence-corrected chi connectivity index (χ0v) is 14.4. The minimum atomic E-state index is 0.0297. The maximum atomic E-state index is 12.9. The maximum absolute atomic E-state index is 12.9. The lowest BCUT2D eigenvalue weighted by molar-refractivity contribution is 0.0652. The lowest BCUT2D eigenvalue weighted by atomic mass is 9.86. The largest absolute Gasteiger partial charge is 0.396 e. The minimum Gasteiger partial charge on any atom is -0.396 e. The predicted molar refractivity (Wildman–Crippen MR) is 93.2 cm³/mol. The first-order valence-corrected chi connectivity index (χ1v) is 8.60. The summed E-state index contributed by atoms with van der Waals surface area (Å²) in [5, 5.41) is 13.7. The molecule has 0 saturated heterocycles. The molecule has 5 nitrogen and oxygen atoms in total.